The molecule has 1 unspecified atom stereocenters. The van der Waals surface area contributed by atoms with Crippen LogP contribution >= 0.6 is 0 Å². The van der Waals surface area contributed by atoms with E-state index in [9.17, 15) is 9.18 Å². The van der Waals surface area contributed by atoms with Crippen LogP contribution < -0.4 is 0 Å². The van der Waals surface area contributed by atoms with Crippen LogP contribution in [-0.2, 0) is 4.79 Å². The maximum absolute atomic E-state index is 13.6. The number of rotatable bonds is 2. The van der Waals surface area contributed by atoms with Crippen LogP contribution in [0.2, 0.25) is 0 Å². The quantitative estimate of drug-likeness (QED) is 0.708. The SMILES string of the molecule is CN1CCC(C(C)(F)C(=O)O)CC1. The Hall–Kier alpha value is -0.640. The van der Waals surface area contributed by atoms with Crippen LogP contribution in [0.3, 0.4) is 0 Å². The number of carbonyl (C=O) groups is 1. The third kappa shape index (κ3) is 2.18. The molecule has 1 rings (SSSR count). The van der Waals surface area contributed by atoms with Crippen molar-refractivity contribution in [3.8, 4) is 0 Å². The molecule has 1 aliphatic rings. The van der Waals surface area contributed by atoms with Crippen LogP contribution in [-0.4, -0.2) is 41.8 Å². The fourth-order valence-corrected chi connectivity index (χ4v) is 1.73. The molecule has 4 heteroatoms. The highest BCUT2D eigenvalue weighted by atomic mass is 19.1. The summed E-state index contributed by atoms with van der Waals surface area (Å²) in [5.41, 5.74) is -2.05. The Morgan fingerprint density at radius 1 is 1.54 bits per heavy atom. The van der Waals surface area contributed by atoms with Gasteiger partial charge in [0.15, 0.2) is 0 Å². The minimum atomic E-state index is -2.05. The Balaban J connectivity index is 2.58. The number of hydrogen-bond donors (Lipinski definition) is 1. The van der Waals surface area contributed by atoms with Gasteiger partial charge in [0.1, 0.15) is 0 Å². The van der Waals surface area contributed by atoms with Gasteiger partial charge in [0.2, 0.25) is 5.67 Å². The van der Waals surface area contributed by atoms with Gasteiger partial charge in [-0.15, -0.1) is 0 Å². The van der Waals surface area contributed by atoms with Crippen molar-refractivity contribution in [3.05, 3.63) is 0 Å². The Labute approximate surface area is 77.5 Å². The summed E-state index contributed by atoms with van der Waals surface area (Å²) in [6.07, 6.45) is 1.27. The normalized spacial score (nSPS) is 25.5. The Kier molecular flexibility index (Phi) is 2.91. The average molecular weight is 189 g/mol. The van der Waals surface area contributed by atoms with Gasteiger partial charge in [0.05, 0.1) is 0 Å². The molecule has 76 valence electrons. The van der Waals surface area contributed by atoms with Crippen molar-refractivity contribution in [2.75, 3.05) is 20.1 Å². The van der Waals surface area contributed by atoms with Crippen LogP contribution in [0.5, 0.6) is 0 Å². The number of aliphatic carboxylic acids is 1. The number of nitrogens with zero attached hydrogens (tertiary/aromatic N) is 1. The van der Waals surface area contributed by atoms with Gasteiger partial charge in [-0.05, 0) is 39.9 Å². The molecule has 0 aromatic heterocycles. The maximum Gasteiger partial charge on any atom is 0.341 e. The van der Waals surface area contributed by atoms with E-state index in [1.165, 1.54) is 6.92 Å². The first-order valence-corrected chi connectivity index (χ1v) is 4.55. The van der Waals surface area contributed by atoms with Crippen molar-refractivity contribution < 1.29 is 14.3 Å². The molecule has 0 aliphatic carbocycles. The fraction of sp³-hybridized carbons (Fsp3) is 0.889. The summed E-state index contributed by atoms with van der Waals surface area (Å²) < 4.78 is 13.6. The lowest BCUT2D eigenvalue weighted by Gasteiger charge is -2.34. The number of alkyl halides is 1. The zero-order valence-electron chi connectivity index (χ0n) is 8.09. The van der Waals surface area contributed by atoms with Gasteiger partial charge in [-0.2, -0.15) is 0 Å². The van der Waals surface area contributed by atoms with Gasteiger partial charge < -0.3 is 10.0 Å². The summed E-state index contributed by atoms with van der Waals surface area (Å²) in [5, 5.41) is 8.67. The van der Waals surface area contributed by atoms with Crippen molar-refractivity contribution in [2.45, 2.75) is 25.4 Å². The highest BCUT2D eigenvalue weighted by molar-refractivity contribution is 5.77. The van der Waals surface area contributed by atoms with Crippen molar-refractivity contribution >= 4 is 5.97 Å². The van der Waals surface area contributed by atoms with Gasteiger partial charge in [-0.25, -0.2) is 9.18 Å². The van der Waals surface area contributed by atoms with E-state index >= 15 is 0 Å². The maximum atomic E-state index is 13.6. The van der Waals surface area contributed by atoms with Crippen molar-refractivity contribution in [3.63, 3.8) is 0 Å². The number of carboxylic acid groups (broad SMARTS) is 1. The molecule has 13 heavy (non-hydrogen) atoms. The Morgan fingerprint density at radius 2 is 2.00 bits per heavy atom. The molecule has 0 bridgehead atoms. The molecular formula is C9H16FNO2. The zero-order chi connectivity index (χ0) is 10.1. The number of piperidine rings is 1. The first-order valence-electron chi connectivity index (χ1n) is 4.55. The highest BCUT2D eigenvalue weighted by Gasteiger charge is 2.42. The van der Waals surface area contributed by atoms with Crippen LogP contribution in [0.25, 0.3) is 0 Å². The van der Waals surface area contributed by atoms with Crippen LogP contribution in [0.15, 0.2) is 0 Å². The van der Waals surface area contributed by atoms with E-state index in [1.54, 1.807) is 0 Å². The highest BCUT2D eigenvalue weighted by Crippen LogP contribution is 2.31. The molecule has 1 atom stereocenters. The van der Waals surface area contributed by atoms with E-state index in [4.69, 9.17) is 5.11 Å². The molecular weight excluding hydrogens is 173 g/mol. The summed E-state index contributed by atoms with van der Waals surface area (Å²) in [6, 6.07) is 0. The molecule has 0 radical (unpaired) electrons. The fourth-order valence-electron chi connectivity index (χ4n) is 1.73. The topological polar surface area (TPSA) is 40.5 Å². The monoisotopic (exact) mass is 189 g/mol. The second-order valence-electron chi connectivity index (χ2n) is 3.96. The van der Waals surface area contributed by atoms with Gasteiger partial charge in [0, 0.05) is 5.92 Å². The standard InChI is InChI=1S/C9H16FNO2/c1-9(10,8(12)13)7-3-5-11(2)6-4-7/h7H,3-6H2,1-2H3,(H,12,13). The molecule has 0 aromatic rings. The summed E-state index contributed by atoms with van der Waals surface area (Å²) >= 11 is 0. The van der Waals surface area contributed by atoms with Gasteiger partial charge in [-0.1, -0.05) is 0 Å². The molecule has 0 saturated carbocycles. The van der Waals surface area contributed by atoms with Gasteiger partial charge in [0.25, 0.3) is 0 Å². The predicted octanol–water partition coefficient (Wildman–Crippen LogP) is 1.14. The van der Waals surface area contributed by atoms with E-state index in [0.717, 1.165) is 13.1 Å². The number of likely N-dealkylation sites (tertiary alicyclic amines) is 1. The molecule has 0 amide bonds. The lowest BCUT2D eigenvalue weighted by Crippen LogP contribution is -2.44. The molecule has 1 saturated heterocycles. The van der Waals surface area contributed by atoms with E-state index < -0.39 is 11.6 Å². The van der Waals surface area contributed by atoms with Crippen LogP contribution in [0.1, 0.15) is 19.8 Å². The summed E-state index contributed by atoms with van der Waals surface area (Å²) in [4.78, 5) is 12.7. The number of hydrogen-bond acceptors (Lipinski definition) is 2. The van der Waals surface area contributed by atoms with E-state index in [1.807, 2.05) is 7.05 Å². The molecule has 0 spiro atoms. The van der Waals surface area contributed by atoms with Gasteiger partial charge in [-0.3, -0.25) is 0 Å². The van der Waals surface area contributed by atoms with Crippen molar-refractivity contribution in [1.82, 2.24) is 4.90 Å². The molecule has 0 aromatic carbocycles. The second-order valence-corrected chi connectivity index (χ2v) is 3.96. The third-order valence-corrected chi connectivity index (χ3v) is 2.90. The first-order chi connectivity index (χ1) is 5.94. The number of carboxylic acids is 1. The second kappa shape index (κ2) is 3.62. The third-order valence-electron chi connectivity index (χ3n) is 2.90. The summed E-state index contributed by atoms with van der Waals surface area (Å²) in [5.74, 6) is -1.66. The smallest absolute Gasteiger partial charge is 0.341 e. The van der Waals surface area contributed by atoms with Gasteiger partial charge >= 0.3 is 5.97 Å². The zero-order valence-corrected chi connectivity index (χ0v) is 8.09. The number of halogens is 1. The lowest BCUT2D eigenvalue weighted by molar-refractivity contribution is -0.154. The summed E-state index contributed by atoms with van der Waals surface area (Å²) in [7, 11) is 1.96. The molecule has 1 fully saturated rings. The first kappa shape index (κ1) is 10.4. The van der Waals surface area contributed by atoms with E-state index in [-0.39, 0.29) is 5.92 Å². The predicted molar refractivity (Wildman–Crippen MR) is 47.4 cm³/mol. The molecule has 1 N–H and O–H groups in total. The molecule has 1 heterocycles. The van der Waals surface area contributed by atoms with Crippen LogP contribution in [0.4, 0.5) is 4.39 Å². The van der Waals surface area contributed by atoms with Crippen molar-refractivity contribution in [2.24, 2.45) is 5.92 Å². The minimum absolute atomic E-state index is 0.332. The molecule has 3 nitrogen and oxygen atoms in total. The Bertz CT molecular complexity index is 198. The lowest BCUT2D eigenvalue weighted by atomic mass is 9.83. The average Bonchev–Trinajstić information content (AvgIpc) is 2.04. The van der Waals surface area contributed by atoms with E-state index in [2.05, 4.69) is 4.90 Å². The molecule has 1 aliphatic heterocycles. The minimum Gasteiger partial charge on any atom is -0.479 e. The largest absolute Gasteiger partial charge is 0.479 e. The van der Waals surface area contributed by atoms with E-state index in [0.29, 0.717) is 12.8 Å². The summed E-state index contributed by atoms with van der Waals surface area (Å²) in [6.45, 7) is 2.75. The van der Waals surface area contributed by atoms with Crippen LogP contribution in [0, 0.1) is 5.92 Å². The van der Waals surface area contributed by atoms with Crippen molar-refractivity contribution in [1.29, 1.82) is 0 Å². The Morgan fingerprint density at radius 3 is 2.38 bits per heavy atom.